The molecule has 0 aliphatic rings. The first-order valence-electron chi connectivity index (χ1n) is 7.95. The lowest BCUT2D eigenvalue weighted by atomic mass is 10.0. The first-order chi connectivity index (χ1) is 11.4. The number of amides is 1. The van der Waals surface area contributed by atoms with Crippen LogP contribution in [0.1, 0.15) is 44.0 Å². The van der Waals surface area contributed by atoms with Crippen molar-refractivity contribution >= 4 is 11.9 Å². The van der Waals surface area contributed by atoms with Crippen LogP contribution in [0.2, 0.25) is 0 Å². The predicted octanol–water partition coefficient (Wildman–Crippen LogP) is 3.62. The molecule has 1 aromatic rings. The van der Waals surface area contributed by atoms with Gasteiger partial charge in [0.2, 0.25) is 0 Å². The summed E-state index contributed by atoms with van der Waals surface area (Å²) in [6.45, 7) is 5.60. The van der Waals surface area contributed by atoms with Crippen LogP contribution in [0.3, 0.4) is 0 Å². The lowest BCUT2D eigenvalue weighted by Crippen LogP contribution is -2.45. The second-order valence-electron chi connectivity index (χ2n) is 5.63. The van der Waals surface area contributed by atoms with Gasteiger partial charge in [-0.25, -0.2) is 13.6 Å². The van der Waals surface area contributed by atoms with E-state index in [1.807, 2.05) is 19.1 Å². The SMILES string of the molecule is CC/C=C/CCOC(=O)[C@@H](NC(=O)c1c(F)cccc1F)C(C)C. The Morgan fingerprint density at radius 2 is 1.83 bits per heavy atom. The average Bonchev–Trinajstić information content (AvgIpc) is 2.51. The van der Waals surface area contributed by atoms with E-state index in [0.29, 0.717) is 6.42 Å². The highest BCUT2D eigenvalue weighted by molar-refractivity contribution is 5.97. The van der Waals surface area contributed by atoms with Gasteiger partial charge in [-0.15, -0.1) is 0 Å². The summed E-state index contributed by atoms with van der Waals surface area (Å²) in [7, 11) is 0. The number of ether oxygens (including phenoxy) is 1. The molecule has 1 aromatic carbocycles. The number of benzene rings is 1. The van der Waals surface area contributed by atoms with E-state index in [0.717, 1.165) is 18.6 Å². The van der Waals surface area contributed by atoms with E-state index in [-0.39, 0.29) is 12.5 Å². The maximum absolute atomic E-state index is 13.6. The fourth-order valence-corrected chi connectivity index (χ4v) is 2.03. The fourth-order valence-electron chi connectivity index (χ4n) is 2.03. The van der Waals surface area contributed by atoms with E-state index >= 15 is 0 Å². The first-order valence-corrected chi connectivity index (χ1v) is 7.95. The third-order valence-electron chi connectivity index (χ3n) is 3.33. The summed E-state index contributed by atoms with van der Waals surface area (Å²) in [5.74, 6) is -3.85. The van der Waals surface area contributed by atoms with Gasteiger partial charge >= 0.3 is 5.97 Å². The highest BCUT2D eigenvalue weighted by Crippen LogP contribution is 2.13. The minimum Gasteiger partial charge on any atom is -0.464 e. The van der Waals surface area contributed by atoms with Crippen molar-refractivity contribution in [3.05, 3.63) is 47.5 Å². The average molecular weight is 339 g/mol. The van der Waals surface area contributed by atoms with Crippen molar-refractivity contribution in [3.8, 4) is 0 Å². The maximum Gasteiger partial charge on any atom is 0.328 e. The summed E-state index contributed by atoms with van der Waals surface area (Å²) in [6.07, 6.45) is 5.31. The number of hydrogen-bond donors (Lipinski definition) is 1. The Labute approximate surface area is 140 Å². The van der Waals surface area contributed by atoms with Crippen molar-refractivity contribution in [2.75, 3.05) is 6.61 Å². The van der Waals surface area contributed by atoms with Gasteiger partial charge in [-0.2, -0.15) is 0 Å². The van der Waals surface area contributed by atoms with E-state index in [9.17, 15) is 18.4 Å². The molecule has 0 aliphatic heterocycles. The van der Waals surface area contributed by atoms with Gasteiger partial charge in [-0.3, -0.25) is 4.79 Å². The number of allylic oxidation sites excluding steroid dienone is 1. The number of halogens is 2. The van der Waals surface area contributed by atoms with Crippen LogP contribution in [0.15, 0.2) is 30.4 Å². The van der Waals surface area contributed by atoms with Gasteiger partial charge in [0, 0.05) is 0 Å². The molecule has 0 bridgehead atoms. The Balaban J connectivity index is 2.73. The topological polar surface area (TPSA) is 55.4 Å². The Morgan fingerprint density at radius 1 is 1.21 bits per heavy atom. The molecule has 0 saturated heterocycles. The van der Waals surface area contributed by atoms with Crippen molar-refractivity contribution < 1.29 is 23.1 Å². The minimum atomic E-state index is -0.980. The molecule has 0 spiro atoms. The second-order valence-corrected chi connectivity index (χ2v) is 5.63. The molecular formula is C18H23F2NO3. The number of carbonyl (C=O) groups excluding carboxylic acids is 2. The van der Waals surface area contributed by atoms with Gasteiger partial charge < -0.3 is 10.1 Å². The molecule has 0 saturated carbocycles. The lowest BCUT2D eigenvalue weighted by molar-refractivity contribution is -0.147. The van der Waals surface area contributed by atoms with Crippen molar-refractivity contribution in [3.63, 3.8) is 0 Å². The Bertz CT molecular complexity index is 580. The van der Waals surface area contributed by atoms with Crippen LogP contribution in [-0.4, -0.2) is 24.5 Å². The third kappa shape index (κ3) is 5.76. The highest BCUT2D eigenvalue weighted by atomic mass is 19.1. The van der Waals surface area contributed by atoms with Gasteiger partial charge in [0.25, 0.3) is 5.91 Å². The van der Waals surface area contributed by atoms with Crippen LogP contribution in [0.5, 0.6) is 0 Å². The largest absolute Gasteiger partial charge is 0.464 e. The monoisotopic (exact) mass is 339 g/mol. The Hall–Kier alpha value is -2.24. The molecule has 0 aliphatic carbocycles. The molecule has 1 atom stereocenters. The molecule has 1 amide bonds. The van der Waals surface area contributed by atoms with E-state index in [4.69, 9.17) is 4.74 Å². The molecule has 4 nitrogen and oxygen atoms in total. The normalized spacial score (nSPS) is 12.4. The Morgan fingerprint density at radius 3 is 2.38 bits per heavy atom. The van der Waals surface area contributed by atoms with Crippen LogP contribution in [0.25, 0.3) is 0 Å². The molecule has 0 aromatic heterocycles. The predicted molar refractivity (Wildman–Crippen MR) is 87.5 cm³/mol. The number of carbonyl (C=O) groups is 2. The molecule has 6 heteroatoms. The van der Waals surface area contributed by atoms with Gasteiger partial charge in [-0.1, -0.05) is 39.0 Å². The van der Waals surface area contributed by atoms with Crippen LogP contribution < -0.4 is 5.32 Å². The number of rotatable bonds is 8. The van der Waals surface area contributed by atoms with Crippen molar-refractivity contribution in [2.45, 2.75) is 39.7 Å². The van der Waals surface area contributed by atoms with E-state index in [2.05, 4.69) is 5.32 Å². The van der Waals surface area contributed by atoms with Crippen LogP contribution >= 0.6 is 0 Å². The van der Waals surface area contributed by atoms with Crippen molar-refractivity contribution in [1.29, 1.82) is 0 Å². The van der Waals surface area contributed by atoms with Gasteiger partial charge in [0.05, 0.1) is 6.61 Å². The summed E-state index contributed by atoms with van der Waals surface area (Å²) in [4.78, 5) is 24.2. The minimum absolute atomic E-state index is 0.183. The summed E-state index contributed by atoms with van der Waals surface area (Å²) in [5, 5.41) is 2.35. The van der Waals surface area contributed by atoms with E-state index < -0.39 is 35.1 Å². The second kappa shape index (κ2) is 9.80. The number of esters is 1. The molecule has 0 unspecified atom stereocenters. The molecule has 24 heavy (non-hydrogen) atoms. The lowest BCUT2D eigenvalue weighted by Gasteiger charge is -2.21. The molecular weight excluding hydrogens is 316 g/mol. The number of nitrogens with one attached hydrogen (secondary N) is 1. The zero-order valence-corrected chi connectivity index (χ0v) is 14.1. The van der Waals surface area contributed by atoms with Crippen LogP contribution in [-0.2, 0) is 9.53 Å². The summed E-state index contributed by atoms with van der Waals surface area (Å²) in [5.41, 5.74) is -0.707. The molecule has 1 N–H and O–H groups in total. The molecule has 0 heterocycles. The quantitative estimate of drug-likeness (QED) is 0.447. The number of hydrogen-bond acceptors (Lipinski definition) is 3. The smallest absolute Gasteiger partial charge is 0.328 e. The molecule has 0 fully saturated rings. The zero-order valence-electron chi connectivity index (χ0n) is 14.1. The van der Waals surface area contributed by atoms with Gasteiger partial charge in [0.1, 0.15) is 23.2 Å². The van der Waals surface area contributed by atoms with Crippen molar-refractivity contribution in [2.24, 2.45) is 5.92 Å². The fraction of sp³-hybridized carbons (Fsp3) is 0.444. The molecule has 1 rings (SSSR count). The van der Waals surface area contributed by atoms with E-state index in [1.165, 1.54) is 6.07 Å². The first kappa shape index (κ1) is 19.8. The zero-order chi connectivity index (χ0) is 18.1. The van der Waals surface area contributed by atoms with E-state index in [1.54, 1.807) is 13.8 Å². The Kier molecular flexibility index (Phi) is 8.09. The summed E-state index contributed by atoms with van der Waals surface area (Å²) >= 11 is 0. The van der Waals surface area contributed by atoms with Crippen LogP contribution in [0.4, 0.5) is 8.78 Å². The molecule has 132 valence electrons. The summed E-state index contributed by atoms with van der Waals surface area (Å²) < 4.78 is 32.4. The van der Waals surface area contributed by atoms with Gasteiger partial charge in [-0.05, 0) is 30.9 Å². The maximum atomic E-state index is 13.6. The standard InChI is InChI=1S/C18H23F2NO3/c1-4-5-6-7-11-24-18(23)16(12(2)3)21-17(22)15-13(19)9-8-10-14(15)20/h5-6,8-10,12,16H,4,7,11H2,1-3H3,(H,21,22)/b6-5+/t16-/m0/s1. The van der Waals surface area contributed by atoms with Crippen molar-refractivity contribution in [1.82, 2.24) is 5.32 Å². The molecule has 0 radical (unpaired) electrons. The van der Waals surface area contributed by atoms with Gasteiger partial charge in [0.15, 0.2) is 0 Å². The highest BCUT2D eigenvalue weighted by Gasteiger charge is 2.28. The third-order valence-corrected chi connectivity index (χ3v) is 3.33. The summed E-state index contributed by atoms with van der Waals surface area (Å²) in [6, 6.07) is 2.16. The van der Waals surface area contributed by atoms with Crippen LogP contribution in [0, 0.1) is 17.6 Å².